The van der Waals surface area contributed by atoms with Crippen LogP contribution < -0.4 is 5.32 Å². The number of hydrogen-bond donors (Lipinski definition) is 1. The molecule has 1 aliphatic carbocycles. The van der Waals surface area contributed by atoms with Crippen LogP contribution in [-0.2, 0) is 0 Å². The second-order valence-corrected chi connectivity index (χ2v) is 6.42. The number of rotatable bonds is 2. The van der Waals surface area contributed by atoms with Gasteiger partial charge >= 0.3 is 0 Å². The highest BCUT2D eigenvalue weighted by Gasteiger charge is 2.31. The monoisotopic (exact) mass is 224 g/mol. The molecule has 1 aliphatic heterocycles. The Hall–Kier alpha value is -0.0800. The summed E-state index contributed by atoms with van der Waals surface area (Å²) < 4.78 is 0. The molecule has 0 amide bonds. The van der Waals surface area contributed by atoms with Crippen LogP contribution in [0.4, 0.5) is 0 Å². The SMILES string of the molecule is CC(C1CCCC1)N1CCCNC(C)(C)C1. The Morgan fingerprint density at radius 1 is 1.19 bits per heavy atom. The first-order valence-electron chi connectivity index (χ1n) is 7.07. The Labute approximate surface area is 101 Å². The highest BCUT2D eigenvalue weighted by molar-refractivity contribution is 4.89. The van der Waals surface area contributed by atoms with E-state index in [9.17, 15) is 0 Å². The summed E-state index contributed by atoms with van der Waals surface area (Å²) in [7, 11) is 0. The maximum Gasteiger partial charge on any atom is 0.0252 e. The third kappa shape index (κ3) is 2.98. The molecule has 1 saturated carbocycles. The van der Waals surface area contributed by atoms with Crippen LogP contribution in [0.1, 0.15) is 52.9 Å². The lowest BCUT2D eigenvalue weighted by Gasteiger charge is -2.36. The van der Waals surface area contributed by atoms with Crippen LogP contribution >= 0.6 is 0 Å². The summed E-state index contributed by atoms with van der Waals surface area (Å²) in [5.74, 6) is 0.967. The molecule has 0 spiro atoms. The average molecular weight is 224 g/mol. The molecule has 0 bridgehead atoms. The third-order valence-electron chi connectivity index (χ3n) is 4.48. The Bertz CT molecular complexity index is 219. The zero-order chi connectivity index (χ0) is 11.6. The first kappa shape index (κ1) is 12.4. The minimum atomic E-state index is 0.295. The van der Waals surface area contributed by atoms with Gasteiger partial charge in [0.2, 0.25) is 0 Å². The maximum atomic E-state index is 3.65. The van der Waals surface area contributed by atoms with E-state index >= 15 is 0 Å². The van der Waals surface area contributed by atoms with E-state index < -0.39 is 0 Å². The van der Waals surface area contributed by atoms with Gasteiger partial charge in [0, 0.05) is 18.1 Å². The second kappa shape index (κ2) is 5.05. The summed E-state index contributed by atoms with van der Waals surface area (Å²) in [5.41, 5.74) is 0.295. The Morgan fingerprint density at radius 2 is 1.88 bits per heavy atom. The van der Waals surface area contributed by atoms with Gasteiger partial charge in [-0.05, 0) is 59.0 Å². The van der Waals surface area contributed by atoms with E-state index in [1.54, 1.807) is 0 Å². The van der Waals surface area contributed by atoms with Crippen molar-refractivity contribution in [2.45, 2.75) is 64.5 Å². The standard InChI is InChI=1S/C14H28N2/c1-12(13-7-4-5-8-13)16-10-6-9-15-14(2,3)11-16/h12-13,15H,4-11H2,1-3H3. The van der Waals surface area contributed by atoms with E-state index in [0.717, 1.165) is 12.0 Å². The number of nitrogens with one attached hydrogen (secondary N) is 1. The Morgan fingerprint density at radius 3 is 2.56 bits per heavy atom. The molecule has 2 heteroatoms. The highest BCUT2D eigenvalue weighted by atomic mass is 15.2. The first-order chi connectivity index (χ1) is 7.58. The predicted octanol–water partition coefficient (Wildman–Crippen LogP) is 2.64. The van der Waals surface area contributed by atoms with Gasteiger partial charge < -0.3 is 5.32 Å². The quantitative estimate of drug-likeness (QED) is 0.776. The molecular weight excluding hydrogens is 196 g/mol. The van der Waals surface area contributed by atoms with Crippen LogP contribution in [0, 0.1) is 5.92 Å². The maximum absolute atomic E-state index is 3.65. The van der Waals surface area contributed by atoms with Crippen molar-refractivity contribution < 1.29 is 0 Å². The van der Waals surface area contributed by atoms with Crippen molar-refractivity contribution in [3.63, 3.8) is 0 Å². The van der Waals surface area contributed by atoms with Crippen molar-refractivity contribution in [2.24, 2.45) is 5.92 Å². The number of hydrogen-bond acceptors (Lipinski definition) is 2. The molecule has 2 fully saturated rings. The van der Waals surface area contributed by atoms with Crippen molar-refractivity contribution >= 4 is 0 Å². The van der Waals surface area contributed by atoms with Gasteiger partial charge in [-0.3, -0.25) is 4.90 Å². The van der Waals surface area contributed by atoms with Gasteiger partial charge in [0.1, 0.15) is 0 Å². The fourth-order valence-electron chi connectivity index (χ4n) is 3.44. The van der Waals surface area contributed by atoms with Gasteiger partial charge in [0.05, 0.1) is 0 Å². The highest BCUT2D eigenvalue weighted by Crippen LogP contribution is 2.31. The molecule has 0 aromatic rings. The zero-order valence-corrected chi connectivity index (χ0v) is 11.3. The summed E-state index contributed by atoms with van der Waals surface area (Å²) in [6, 6.07) is 0.793. The third-order valence-corrected chi connectivity index (χ3v) is 4.48. The van der Waals surface area contributed by atoms with Crippen LogP contribution in [0.25, 0.3) is 0 Å². The average Bonchev–Trinajstić information content (AvgIpc) is 2.68. The van der Waals surface area contributed by atoms with E-state index in [4.69, 9.17) is 0 Å². The summed E-state index contributed by atoms with van der Waals surface area (Å²) in [5, 5.41) is 3.65. The fraction of sp³-hybridized carbons (Fsp3) is 1.00. The van der Waals surface area contributed by atoms with Crippen LogP contribution in [-0.4, -0.2) is 36.1 Å². The van der Waals surface area contributed by atoms with Gasteiger partial charge in [-0.25, -0.2) is 0 Å². The van der Waals surface area contributed by atoms with Crippen LogP contribution in [0.2, 0.25) is 0 Å². The summed E-state index contributed by atoms with van der Waals surface area (Å²) in [4.78, 5) is 2.73. The molecule has 2 aliphatic rings. The molecule has 1 saturated heterocycles. The van der Waals surface area contributed by atoms with Gasteiger partial charge in [-0.15, -0.1) is 0 Å². The van der Waals surface area contributed by atoms with E-state index in [2.05, 4.69) is 31.0 Å². The molecule has 1 heterocycles. The molecule has 0 radical (unpaired) electrons. The molecule has 0 aromatic heterocycles. The summed E-state index contributed by atoms with van der Waals surface area (Å²) in [6.45, 7) is 10.8. The van der Waals surface area contributed by atoms with E-state index in [1.807, 2.05) is 0 Å². The lowest BCUT2D eigenvalue weighted by molar-refractivity contribution is 0.135. The van der Waals surface area contributed by atoms with Crippen molar-refractivity contribution in [1.82, 2.24) is 10.2 Å². The zero-order valence-electron chi connectivity index (χ0n) is 11.3. The first-order valence-corrected chi connectivity index (χ1v) is 7.07. The van der Waals surface area contributed by atoms with Crippen LogP contribution in [0.15, 0.2) is 0 Å². The van der Waals surface area contributed by atoms with Gasteiger partial charge in [0.15, 0.2) is 0 Å². The molecule has 1 unspecified atom stereocenters. The smallest absolute Gasteiger partial charge is 0.0252 e. The number of nitrogens with zero attached hydrogens (tertiary/aromatic N) is 1. The Balaban J connectivity index is 1.95. The summed E-state index contributed by atoms with van der Waals surface area (Å²) in [6.07, 6.45) is 7.16. The van der Waals surface area contributed by atoms with E-state index in [0.29, 0.717) is 5.54 Å². The van der Waals surface area contributed by atoms with Crippen molar-refractivity contribution in [1.29, 1.82) is 0 Å². The molecule has 1 N–H and O–H groups in total. The van der Waals surface area contributed by atoms with Crippen molar-refractivity contribution in [3.8, 4) is 0 Å². The minimum Gasteiger partial charge on any atom is -0.310 e. The normalized spacial score (nSPS) is 30.2. The lowest BCUT2D eigenvalue weighted by Crippen LogP contribution is -2.49. The molecule has 0 aromatic carbocycles. The molecule has 2 nitrogen and oxygen atoms in total. The van der Waals surface area contributed by atoms with Crippen LogP contribution in [0.3, 0.4) is 0 Å². The molecule has 1 atom stereocenters. The van der Waals surface area contributed by atoms with Crippen LogP contribution in [0.5, 0.6) is 0 Å². The van der Waals surface area contributed by atoms with Gasteiger partial charge in [-0.1, -0.05) is 12.8 Å². The van der Waals surface area contributed by atoms with E-state index in [1.165, 1.54) is 51.7 Å². The topological polar surface area (TPSA) is 15.3 Å². The van der Waals surface area contributed by atoms with E-state index in [-0.39, 0.29) is 0 Å². The van der Waals surface area contributed by atoms with Gasteiger partial charge in [0.25, 0.3) is 0 Å². The fourth-order valence-corrected chi connectivity index (χ4v) is 3.44. The molecule has 94 valence electrons. The minimum absolute atomic E-state index is 0.295. The Kier molecular flexibility index (Phi) is 3.91. The largest absolute Gasteiger partial charge is 0.310 e. The molecule has 16 heavy (non-hydrogen) atoms. The predicted molar refractivity (Wildman–Crippen MR) is 69.7 cm³/mol. The summed E-state index contributed by atoms with van der Waals surface area (Å²) >= 11 is 0. The second-order valence-electron chi connectivity index (χ2n) is 6.42. The molecular formula is C14H28N2. The lowest BCUT2D eigenvalue weighted by atomic mass is 9.96. The van der Waals surface area contributed by atoms with Crippen molar-refractivity contribution in [3.05, 3.63) is 0 Å². The van der Waals surface area contributed by atoms with Crippen molar-refractivity contribution in [2.75, 3.05) is 19.6 Å². The van der Waals surface area contributed by atoms with Gasteiger partial charge in [-0.2, -0.15) is 0 Å². The molecule has 2 rings (SSSR count).